The average molecular weight is 504 g/mol. The van der Waals surface area contributed by atoms with Crippen LogP contribution in [0.15, 0.2) is 70.9 Å². The number of carbonyl (C=O) groups is 3. The predicted octanol–water partition coefficient (Wildman–Crippen LogP) is 5.39. The molecule has 1 aromatic heterocycles. The van der Waals surface area contributed by atoms with Crippen LogP contribution < -0.4 is 9.64 Å². The Hall–Kier alpha value is -4.33. The molecule has 37 heavy (non-hydrogen) atoms. The van der Waals surface area contributed by atoms with Gasteiger partial charge in [0, 0.05) is 16.8 Å². The Balaban J connectivity index is 1.91. The first-order valence-electron chi connectivity index (χ1n) is 11.9. The van der Waals surface area contributed by atoms with Crippen molar-refractivity contribution < 1.29 is 33.4 Å². The number of aliphatic hydroxyl groups excluding tert-OH is 1. The van der Waals surface area contributed by atoms with E-state index >= 15 is 0 Å². The lowest BCUT2D eigenvalue weighted by atomic mass is 9.84. The minimum absolute atomic E-state index is 0.118. The second-order valence-corrected chi connectivity index (χ2v) is 9.62. The van der Waals surface area contributed by atoms with Crippen molar-refractivity contribution in [3.05, 3.63) is 88.9 Å². The minimum Gasteiger partial charge on any atom is -0.507 e. The van der Waals surface area contributed by atoms with Gasteiger partial charge in [0.2, 0.25) is 0 Å². The normalized spacial score (nSPS) is 17.2. The molecule has 2 heterocycles. The van der Waals surface area contributed by atoms with Crippen LogP contribution in [0.25, 0.3) is 5.76 Å². The van der Waals surface area contributed by atoms with Gasteiger partial charge in [-0.1, -0.05) is 26.8 Å². The summed E-state index contributed by atoms with van der Waals surface area (Å²) < 4.78 is 16.2. The molecule has 1 unspecified atom stereocenters. The maximum Gasteiger partial charge on any atom is 0.337 e. The van der Waals surface area contributed by atoms with Gasteiger partial charge in [0.15, 0.2) is 0 Å². The number of carbonyl (C=O) groups excluding carboxylic acids is 3. The smallest absolute Gasteiger partial charge is 0.337 e. The first-order valence-corrected chi connectivity index (χ1v) is 11.9. The molecule has 3 aromatic rings. The highest BCUT2D eigenvalue weighted by Crippen LogP contribution is 2.43. The number of esters is 1. The van der Waals surface area contributed by atoms with Crippen molar-refractivity contribution in [3.8, 4) is 5.75 Å². The zero-order valence-corrected chi connectivity index (χ0v) is 21.4. The molecule has 192 valence electrons. The maximum absolute atomic E-state index is 13.4. The zero-order valence-electron chi connectivity index (χ0n) is 21.4. The van der Waals surface area contributed by atoms with Gasteiger partial charge in [-0.3, -0.25) is 14.5 Å². The standard InChI is InChI=1S/C29H29NO7/c1-6-36-21-13-12-17(16-20(21)29(2,3)4)25(31)23-24(22-11-8-14-37-22)30(27(33)26(23)32)19-10-7-9-18(15-19)28(34)35-5/h7-16,24,31H,6H2,1-5H3/b25-23-. The summed E-state index contributed by atoms with van der Waals surface area (Å²) in [5.74, 6) is -1.68. The summed E-state index contributed by atoms with van der Waals surface area (Å²) in [6.07, 6.45) is 1.43. The van der Waals surface area contributed by atoms with Gasteiger partial charge in [0.1, 0.15) is 23.3 Å². The van der Waals surface area contributed by atoms with Gasteiger partial charge in [-0.25, -0.2) is 4.79 Å². The molecule has 0 spiro atoms. The SMILES string of the molecule is CCOc1ccc(/C(O)=C2/C(=O)C(=O)N(c3cccc(C(=O)OC)c3)C2c2ccco2)cc1C(C)(C)C. The van der Waals surface area contributed by atoms with Gasteiger partial charge < -0.3 is 19.0 Å². The fourth-order valence-electron chi connectivity index (χ4n) is 4.42. The summed E-state index contributed by atoms with van der Waals surface area (Å²) >= 11 is 0. The van der Waals surface area contributed by atoms with E-state index in [0.717, 1.165) is 5.56 Å². The predicted molar refractivity (Wildman–Crippen MR) is 138 cm³/mol. The molecule has 0 saturated carbocycles. The fourth-order valence-corrected chi connectivity index (χ4v) is 4.42. The molecule has 0 aliphatic carbocycles. The lowest BCUT2D eigenvalue weighted by Gasteiger charge is -2.25. The monoisotopic (exact) mass is 503 g/mol. The molecule has 2 aromatic carbocycles. The third kappa shape index (κ3) is 4.74. The summed E-state index contributed by atoms with van der Waals surface area (Å²) in [7, 11) is 1.26. The maximum atomic E-state index is 13.4. The fraction of sp³-hybridized carbons (Fsp3) is 0.276. The van der Waals surface area contributed by atoms with Gasteiger partial charge in [0.05, 0.1) is 31.1 Å². The van der Waals surface area contributed by atoms with Crippen molar-refractivity contribution in [2.45, 2.75) is 39.2 Å². The van der Waals surface area contributed by atoms with Gasteiger partial charge in [-0.2, -0.15) is 0 Å². The van der Waals surface area contributed by atoms with Gasteiger partial charge in [0.25, 0.3) is 11.7 Å². The van der Waals surface area contributed by atoms with E-state index in [2.05, 4.69) is 0 Å². The van der Waals surface area contributed by atoms with E-state index < -0.39 is 23.7 Å². The molecule has 1 atom stereocenters. The van der Waals surface area contributed by atoms with Crippen molar-refractivity contribution in [2.75, 3.05) is 18.6 Å². The van der Waals surface area contributed by atoms with E-state index in [0.29, 0.717) is 17.9 Å². The first kappa shape index (κ1) is 25.8. The summed E-state index contributed by atoms with van der Waals surface area (Å²) in [6, 6.07) is 13.6. The molecular weight excluding hydrogens is 474 g/mol. The molecule has 1 N–H and O–H groups in total. The number of nitrogens with zero attached hydrogens (tertiary/aromatic N) is 1. The third-order valence-corrected chi connectivity index (χ3v) is 6.16. The molecule has 8 nitrogen and oxygen atoms in total. The van der Waals surface area contributed by atoms with E-state index in [4.69, 9.17) is 13.9 Å². The van der Waals surface area contributed by atoms with Crippen LogP contribution >= 0.6 is 0 Å². The van der Waals surface area contributed by atoms with Gasteiger partial charge in [-0.05, 0) is 60.9 Å². The van der Waals surface area contributed by atoms with Crippen molar-refractivity contribution in [1.29, 1.82) is 0 Å². The number of amides is 1. The van der Waals surface area contributed by atoms with Crippen LogP contribution in [0.2, 0.25) is 0 Å². The van der Waals surface area contributed by atoms with Gasteiger partial charge >= 0.3 is 5.97 Å². The number of Topliss-reactive ketones (excluding diaryl/α,β-unsaturated/α-hetero) is 1. The van der Waals surface area contributed by atoms with E-state index in [-0.39, 0.29) is 33.8 Å². The molecule has 0 bridgehead atoms. The number of benzene rings is 2. The molecule has 1 aliphatic rings. The van der Waals surface area contributed by atoms with Crippen LogP contribution in [0.3, 0.4) is 0 Å². The third-order valence-electron chi connectivity index (χ3n) is 6.16. The molecule has 1 aliphatic heterocycles. The molecule has 8 heteroatoms. The van der Waals surface area contributed by atoms with Crippen molar-refractivity contribution in [2.24, 2.45) is 0 Å². The number of anilines is 1. The lowest BCUT2D eigenvalue weighted by Crippen LogP contribution is -2.29. The summed E-state index contributed by atoms with van der Waals surface area (Å²) in [6.45, 7) is 8.42. The number of aliphatic hydroxyl groups is 1. The Morgan fingerprint density at radius 3 is 2.43 bits per heavy atom. The second-order valence-electron chi connectivity index (χ2n) is 9.62. The minimum atomic E-state index is -1.05. The van der Waals surface area contributed by atoms with E-state index in [9.17, 15) is 19.5 Å². The van der Waals surface area contributed by atoms with Crippen LogP contribution in [0.1, 0.15) is 61.0 Å². The number of furan rings is 1. The zero-order chi connectivity index (χ0) is 26.9. The quantitative estimate of drug-likeness (QED) is 0.208. The molecular formula is C29H29NO7. The number of ether oxygens (including phenoxy) is 2. The number of methoxy groups -OCH3 is 1. The van der Waals surface area contributed by atoms with Crippen molar-refractivity contribution >= 4 is 29.1 Å². The number of ketones is 1. The van der Waals surface area contributed by atoms with Crippen LogP contribution in [0.4, 0.5) is 5.69 Å². The highest BCUT2D eigenvalue weighted by Gasteiger charge is 2.48. The number of rotatable bonds is 6. The Kier molecular flexibility index (Phi) is 6.94. The van der Waals surface area contributed by atoms with Crippen molar-refractivity contribution in [1.82, 2.24) is 0 Å². The highest BCUT2D eigenvalue weighted by molar-refractivity contribution is 6.51. The molecule has 1 amide bonds. The highest BCUT2D eigenvalue weighted by atomic mass is 16.5. The summed E-state index contributed by atoms with van der Waals surface area (Å²) in [5.41, 5.74) is 1.27. The molecule has 0 radical (unpaired) electrons. The number of hydrogen-bond acceptors (Lipinski definition) is 7. The lowest BCUT2D eigenvalue weighted by molar-refractivity contribution is -0.132. The first-order chi connectivity index (χ1) is 17.6. The summed E-state index contributed by atoms with van der Waals surface area (Å²) in [4.78, 5) is 40.0. The van der Waals surface area contributed by atoms with E-state index in [1.165, 1.54) is 24.3 Å². The molecule has 1 fully saturated rings. The molecule has 4 rings (SSSR count). The van der Waals surface area contributed by atoms with Crippen LogP contribution in [0, 0.1) is 0 Å². The number of hydrogen-bond donors (Lipinski definition) is 1. The average Bonchev–Trinajstić information content (AvgIpc) is 3.49. The Morgan fingerprint density at radius 2 is 1.81 bits per heavy atom. The van der Waals surface area contributed by atoms with Crippen LogP contribution in [-0.4, -0.2) is 36.5 Å². The van der Waals surface area contributed by atoms with Crippen LogP contribution in [0.5, 0.6) is 5.75 Å². The second kappa shape index (κ2) is 9.97. The van der Waals surface area contributed by atoms with E-state index in [1.54, 1.807) is 48.5 Å². The topological polar surface area (TPSA) is 106 Å². The van der Waals surface area contributed by atoms with Gasteiger partial charge in [-0.15, -0.1) is 0 Å². The van der Waals surface area contributed by atoms with E-state index in [1.807, 2.05) is 27.7 Å². The van der Waals surface area contributed by atoms with Crippen LogP contribution in [-0.2, 0) is 19.7 Å². The van der Waals surface area contributed by atoms with Crippen molar-refractivity contribution in [3.63, 3.8) is 0 Å². The molecule has 1 saturated heterocycles. The Morgan fingerprint density at radius 1 is 1.05 bits per heavy atom. The largest absolute Gasteiger partial charge is 0.507 e. The summed E-state index contributed by atoms with van der Waals surface area (Å²) in [5, 5.41) is 11.5. The Labute approximate surface area is 215 Å². The Bertz CT molecular complexity index is 1380.